The monoisotopic (exact) mass is 1280 g/mol. The predicted octanol–water partition coefficient (Wildman–Crippen LogP) is 7.52. The molecule has 0 bridgehead atoms. The molecule has 2 aromatic carbocycles. The van der Waals surface area contributed by atoms with Gasteiger partial charge in [0.05, 0.1) is 40.9 Å². The summed E-state index contributed by atoms with van der Waals surface area (Å²) in [6.07, 6.45) is -13.9. The lowest BCUT2D eigenvalue weighted by Crippen LogP contribution is -2.36. The zero-order chi connectivity index (χ0) is 62.4. The van der Waals surface area contributed by atoms with E-state index >= 15 is 8.78 Å². The molecule has 2 unspecified atom stereocenters. The van der Waals surface area contributed by atoms with Crippen molar-refractivity contribution in [1.82, 2.24) is 39.1 Å². The molecule has 1 saturated carbocycles. The second kappa shape index (κ2) is 24.3. The van der Waals surface area contributed by atoms with Gasteiger partial charge in [0.2, 0.25) is 18.6 Å². The minimum atomic E-state index is -5.26. The molecule has 36 heteroatoms. The second-order valence-electron chi connectivity index (χ2n) is 19.7. The van der Waals surface area contributed by atoms with Gasteiger partial charge in [0.1, 0.15) is 40.9 Å². The number of halogens is 11. The Bertz CT molecular complexity index is 3680. The Kier molecular flexibility index (Phi) is 18.8. The third-order valence-corrected chi connectivity index (χ3v) is 16.7. The van der Waals surface area contributed by atoms with Crippen LogP contribution in [0.3, 0.4) is 0 Å². The summed E-state index contributed by atoms with van der Waals surface area (Å²) in [6, 6.07) is 4.65. The number of hydrogen-bond donors (Lipinski definition) is 5. The number of alkyl halides is 8. The van der Waals surface area contributed by atoms with Crippen LogP contribution in [0.1, 0.15) is 91.1 Å². The van der Waals surface area contributed by atoms with Crippen molar-refractivity contribution in [3.8, 4) is 23.0 Å². The fourth-order valence-corrected chi connectivity index (χ4v) is 10.3. The van der Waals surface area contributed by atoms with Crippen molar-refractivity contribution in [1.29, 1.82) is 0 Å². The number of carbonyl (C=O) groups excluding carboxylic acids is 3. The highest BCUT2D eigenvalue weighted by molar-refractivity contribution is 7.92. The molecule has 3 aromatic heterocycles. The molecule has 7 rings (SSSR count). The number of phosphoric acid groups is 1. The van der Waals surface area contributed by atoms with E-state index in [9.17, 15) is 76.0 Å². The van der Waals surface area contributed by atoms with E-state index < -0.39 is 215 Å². The summed E-state index contributed by atoms with van der Waals surface area (Å²) in [6.45, 7) is -4.41. The van der Waals surface area contributed by atoms with E-state index in [1.54, 1.807) is 0 Å². The molecule has 2 aliphatic carbocycles. The SMILES string of the molecule is CC(C)(C#Cc1ccc(-c2ccc(Cl)c3c(CN(C(=O)CCCN(CCC(=O)O)C(=O)OCOP(=O)(O)O)S(=O)O)nn(CC(F)(F)F)c23)c(C(Cc2cc(F)cc(F)c2)NC(=O)Cn2nc(C(F)(F)F)c3c2C(F)(F)[C@@H]2C[C@H]32)n1)S(C)(=O)=O. The number of phosphoric ester groups is 1. The molecule has 22 nitrogen and oxygen atoms in total. The average Bonchev–Trinajstić information content (AvgIpc) is 1.53. The van der Waals surface area contributed by atoms with Crippen molar-refractivity contribution in [2.24, 2.45) is 5.92 Å². The first-order valence-electron chi connectivity index (χ1n) is 24.3. The molecule has 0 radical (unpaired) electrons. The minimum Gasteiger partial charge on any atom is -0.481 e. The minimum absolute atomic E-state index is 0.167. The summed E-state index contributed by atoms with van der Waals surface area (Å²) >= 11 is 3.36. The van der Waals surface area contributed by atoms with Crippen LogP contribution in [0.2, 0.25) is 5.02 Å². The highest BCUT2D eigenvalue weighted by atomic mass is 35.5. The normalized spacial score (nSPS) is 16.5. The molecule has 456 valence electrons. The molecular weight excluding hydrogens is 1230 g/mol. The molecule has 5 N–H and O–H groups in total. The summed E-state index contributed by atoms with van der Waals surface area (Å²) in [7, 11) is -9.09. The molecule has 0 saturated heterocycles. The van der Waals surface area contributed by atoms with Crippen molar-refractivity contribution < 1.29 is 109 Å². The maximum Gasteiger partial charge on any atom is 0.472 e. The van der Waals surface area contributed by atoms with Gasteiger partial charge in [0.25, 0.3) is 17.2 Å². The Hall–Kier alpha value is -6.73. The topological polar surface area (TPSA) is 303 Å². The first kappa shape index (κ1) is 64.8. The standard InChI is InChI=1S/C48H46ClF10N8O14PS2/c1-45(2,84(3,78)79)12-10-27-6-7-28(40(60-27)33(17-24-15-25(50)18-26(51)16-24)61-35(68)21-65-43-38(42(63-65)48(57,58)59)30-19-31(30)47(43,55)56)29-8-9-32(49)39-34(62-66(41(29)39)22-46(52,53)54)20-67(83(76)77)36(69)5-4-13-64(14-11-37(70)71)44(72)80-23-81-82(73,74)75/h6-9,15-16,18,30-31,33H,4-5,11,13-14,17,19-23H2,1-3H3,(H,61,68)(H,70,71)(H,76,77)(H2,73,74,75)/t30-,31+,33?/m0/s1. The van der Waals surface area contributed by atoms with E-state index in [4.69, 9.17) is 26.5 Å². The number of amides is 3. The van der Waals surface area contributed by atoms with Gasteiger partial charge in [-0.2, -0.15) is 45.3 Å². The van der Waals surface area contributed by atoms with Crippen LogP contribution >= 0.6 is 19.4 Å². The molecule has 4 atom stereocenters. The first-order chi connectivity index (χ1) is 38.8. The summed E-state index contributed by atoms with van der Waals surface area (Å²) < 4.78 is 215. The Morgan fingerprint density at radius 2 is 1.64 bits per heavy atom. The number of carboxylic acids is 1. The number of rotatable bonds is 22. The Morgan fingerprint density at radius 1 is 0.988 bits per heavy atom. The summed E-state index contributed by atoms with van der Waals surface area (Å²) in [5, 5.41) is 18.1. The van der Waals surface area contributed by atoms with Crippen LogP contribution in [-0.4, -0.2) is 127 Å². The van der Waals surface area contributed by atoms with Crippen LogP contribution in [0.25, 0.3) is 22.0 Å². The largest absolute Gasteiger partial charge is 0.481 e. The van der Waals surface area contributed by atoms with Crippen LogP contribution < -0.4 is 5.32 Å². The highest BCUT2D eigenvalue weighted by Gasteiger charge is 2.68. The van der Waals surface area contributed by atoms with Gasteiger partial charge in [-0.05, 0) is 80.8 Å². The van der Waals surface area contributed by atoms with Crippen LogP contribution in [0.4, 0.5) is 48.7 Å². The zero-order valence-electron chi connectivity index (χ0n) is 43.5. The number of hydrogen-bond acceptors (Lipinski definition) is 13. The highest BCUT2D eigenvalue weighted by Crippen LogP contribution is 2.68. The lowest BCUT2D eigenvalue weighted by atomic mass is 9.93. The number of fused-ring (bicyclic) bond motifs is 4. The van der Waals surface area contributed by atoms with Crippen LogP contribution in [0.15, 0.2) is 42.5 Å². The quantitative estimate of drug-likeness (QED) is 0.0147. The van der Waals surface area contributed by atoms with Gasteiger partial charge in [-0.15, -0.1) is 0 Å². The lowest BCUT2D eigenvalue weighted by molar-refractivity contribution is -0.143. The molecule has 3 amide bonds. The fraction of sp³-hybridized carbons (Fsp3) is 0.438. The van der Waals surface area contributed by atoms with Crippen molar-refractivity contribution in [2.75, 3.05) is 26.1 Å². The van der Waals surface area contributed by atoms with Crippen LogP contribution in [0, 0.1) is 29.4 Å². The van der Waals surface area contributed by atoms with Crippen LogP contribution in [0.5, 0.6) is 0 Å². The molecule has 84 heavy (non-hydrogen) atoms. The van der Waals surface area contributed by atoms with Gasteiger partial charge in [-0.1, -0.05) is 23.6 Å². The summed E-state index contributed by atoms with van der Waals surface area (Å²) in [4.78, 5) is 74.8. The maximum absolute atomic E-state index is 15.7. The van der Waals surface area contributed by atoms with Crippen molar-refractivity contribution in [3.63, 3.8) is 0 Å². The average molecular weight is 1280 g/mol. The Labute approximate surface area is 476 Å². The third kappa shape index (κ3) is 15.2. The molecular formula is C48H46ClF10N8O14PS2. The van der Waals surface area contributed by atoms with E-state index in [0.717, 1.165) is 42.7 Å². The van der Waals surface area contributed by atoms with E-state index in [-0.39, 0.29) is 37.8 Å². The fourth-order valence-electron chi connectivity index (χ4n) is 9.14. The van der Waals surface area contributed by atoms with Gasteiger partial charge < -0.3 is 29.8 Å². The molecule has 0 aliphatic heterocycles. The first-order valence-corrected chi connectivity index (χ1v) is 29.2. The number of nitrogens with zero attached hydrogens (tertiary/aromatic N) is 7. The van der Waals surface area contributed by atoms with Gasteiger partial charge in [0, 0.05) is 59.8 Å². The van der Waals surface area contributed by atoms with Gasteiger partial charge in [-0.25, -0.2) is 44.6 Å². The van der Waals surface area contributed by atoms with Crippen molar-refractivity contribution in [2.45, 2.75) is 101 Å². The number of pyridine rings is 1. The number of nitrogens with one attached hydrogen (secondary N) is 1. The van der Waals surface area contributed by atoms with E-state index in [2.05, 4.69) is 41.6 Å². The molecule has 1 fully saturated rings. The number of carbonyl (C=O) groups is 4. The van der Waals surface area contributed by atoms with E-state index in [1.807, 2.05) is 0 Å². The lowest BCUT2D eigenvalue weighted by Gasteiger charge is -2.23. The van der Waals surface area contributed by atoms with Crippen LogP contribution in [-0.2, 0) is 87.5 Å². The van der Waals surface area contributed by atoms with Crippen molar-refractivity contribution in [3.05, 3.63) is 98.7 Å². The number of aliphatic carboxylic acids is 1. The number of ether oxygens (including phenoxy) is 1. The van der Waals surface area contributed by atoms with Gasteiger partial charge >= 0.3 is 32.2 Å². The van der Waals surface area contributed by atoms with Gasteiger partial charge in [0.15, 0.2) is 15.5 Å². The summed E-state index contributed by atoms with van der Waals surface area (Å²) in [5.41, 5.74) is -6.58. The number of aromatic nitrogens is 5. The van der Waals surface area contributed by atoms with Gasteiger partial charge in [-0.3, -0.25) is 28.3 Å². The number of sulfone groups is 1. The predicted molar refractivity (Wildman–Crippen MR) is 272 cm³/mol. The Balaban J connectivity index is 1.34. The third-order valence-electron chi connectivity index (χ3n) is 13.2. The molecule has 2 aliphatic rings. The summed E-state index contributed by atoms with van der Waals surface area (Å²) in [5.74, 6) is -7.94. The smallest absolute Gasteiger partial charge is 0.472 e. The molecule has 5 aromatic rings. The number of carboxylic acid groups (broad SMARTS) is 1. The zero-order valence-corrected chi connectivity index (χ0v) is 46.8. The molecule has 0 spiro atoms. The molecule has 3 heterocycles. The maximum atomic E-state index is 15.7. The van der Waals surface area contributed by atoms with Crippen molar-refractivity contribution >= 4 is 75.3 Å². The second-order valence-corrected chi connectivity index (χ2v) is 24.8. The van der Waals surface area contributed by atoms with E-state index in [1.165, 1.54) is 13.8 Å². The Morgan fingerprint density at radius 3 is 2.24 bits per heavy atom. The van der Waals surface area contributed by atoms with E-state index in [0.29, 0.717) is 15.6 Å². The number of benzene rings is 2.